The smallest absolute Gasteiger partial charge is 0.131 e. The first-order valence-corrected chi connectivity index (χ1v) is 7.18. The normalized spacial score (nSPS) is 10.4. The van der Waals surface area contributed by atoms with Crippen LogP contribution in [0.5, 0.6) is 17.2 Å². The number of benzene rings is 2. The van der Waals surface area contributed by atoms with E-state index in [0.717, 1.165) is 39.8 Å². The van der Waals surface area contributed by atoms with Crippen LogP contribution in [0.2, 0.25) is 0 Å². The molecule has 0 saturated heterocycles. The first-order valence-electron chi connectivity index (χ1n) is 7.18. The zero-order valence-electron chi connectivity index (χ0n) is 13.3. The maximum atomic E-state index is 5.45. The standard InChI is InChI=1S/C18H18N2O3/c1-21-12-8-9-14(18(10-12)23-3)16-11-15(19-20-16)13-6-4-5-7-17(13)22-2/h4-11H,1-3H3,(H,19,20). The molecule has 3 aromatic rings. The Labute approximate surface area is 134 Å². The summed E-state index contributed by atoms with van der Waals surface area (Å²) in [7, 11) is 4.92. The fourth-order valence-corrected chi connectivity index (χ4v) is 2.47. The van der Waals surface area contributed by atoms with E-state index in [4.69, 9.17) is 14.2 Å². The summed E-state index contributed by atoms with van der Waals surface area (Å²) >= 11 is 0. The second-order valence-corrected chi connectivity index (χ2v) is 4.93. The summed E-state index contributed by atoms with van der Waals surface area (Å²) in [6, 6.07) is 15.4. The van der Waals surface area contributed by atoms with Crippen LogP contribution in [-0.4, -0.2) is 31.5 Å². The minimum atomic E-state index is 0.722. The van der Waals surface area contributed by atoms with Crippen molar-refractivity contribution in [3.8, 4) is 39.8 Å². The number of aromatic amines is 1. The van der Waals surface area contributed by atoms with Gasteiger partial charge in [-0.3, -0.25) is 5.10 Å². The molecule has 0 unspecified atom stereocenters. The quantitative estimate of drug-likeness (QED) is 0.779. The van der Waals surface area contributed by atoms with Crippen LogP contribution in [0.1, 0.15) is 0 Å². The van der Waals surface area contributed by atoms with E-state index < -0.39 is 0 Å². The van der Waals surface area contributed by atoms with Crippen molar-refractivity contribution in [2.75, 3.05) is 21.3 Å². The Morgan fingerprint density at radius 3 is 2.30 bits per heavy atom. The van der Waals surface area contributed by atoms with E-state index >= 15 is 0 Å². The van der Waals surface area contributed by atoms with Gasteiger partial charge in [0.15, 0.2) is 0 Å². The van der Waals surface area contributed by atoms with Crippen molar-refractivity contribution in [3.63, 3.8) is 0 Å². The van der Waals surface area contributed by atoms with Gasteiger partial charge in [-0.1, -0.05) is 12.1 Å². The molecule has 1 aromatic heterocycles. The summed E-state index contributed by atoms with van der Waals surface area (Å²) < 4.78 is 16.1. The van der Waals surface area contributed by atoms with Crippen molar-refractivity contribution in [1.29, 1.82) is 0 Å². The van der Waals surface area contributed by atoms with Crippen LogP contribution in [0.25, 0.3) is 22.5 Å². The van der Waals surface area contributed by atoms with Gasteiger partial charge >= 0.3 is 0 Å². The third-order valence-corrected chi connectivity index (χ3v) is 3.66. The van der Waals surface area contributed by atoms with Crippen LogP contribution in [0, 0.1) is 0 Å². The third-order valence-electron chi connectivity index (χ3n) is 3.66. The number of ether oxygens (including phenoxy) is 3. The van der Waals surface area contributed by atoms with Crippen molar-refractivity contribution in [2.24, 2.45) is 0 Å². The maximum absolute atomic E-state index is 5.45. The molecule has 5 heteroatoms. The Balaban J connectivity index is 2.02. The number of rotatable bonds is 5. The predicted molar refractivity (Wildman–Crippen MR) is 89.1 cm³/mol. The number of H-pyrrole nitrogens is 1. The Morgan fingerprint density at radius 2 is 1.57 bits per heavy atom. The SMILES string of the molecule is COc1ccc(-c2cc(-c3ccccc3OC)n[nH]2)c(OC)c1. The van der Waals surface area contributed by atoms with Gasteiger partial charge < -0.3 is 14.2 Å². The van der Waals surface area contributed by atoms with Crippen LogP contribution in [-0.2, 0) is 0 Å². The van der Waals surface area contributed by atoms with Gasteiger partial charge in [-0.05, 0) is 30.3 Å². The molecule has 118 valence electrons. The van der Waals surface area contributed by atoms with Crippen LogP contribution in [0.3, 0.4) is 0 Å². The predicted octanol–water partition coefficient (Wildman–Crippen LogP) is 3.77. The lowest BCUT2D eigenvalue weighted by atomic mass is 10.1. The van der Waals surface area contributed by atoms with Gasteiger partial charge in [-0.15, -0.1) is 0 Å². The second-order valence-electron chi connectivity index (χ2n) is 4.93. The highest BCUT2D eigenvalue weighted by atomic mass is 16.5. The van der Waals surface area contributed by atoms with E-state index in [0.29, 0.717) is 0 Å². The third kappa shape index (κ3) is 2.85. The fourth-order valence-electron chi connectivity index (χ4n) is 2.47. The minimum absolute atomic E-state index is 0.722. The molecule has 2 aromatic carbocycles. The highest BCUT2D eigenvalue weighted by Gasteiger charge is 2.13. The van der Waals surface area contributed by atoms with Crippen molar-refractivity contribution < 1.29 is 14.2 Å². The highest BCUT2D eigenvalue weighted by Crippen LogP contribution is 2.35. The molecule has 0 bridgehead atoms. The van der Waals surface area contributed by atoms with Crippen molar-refractivity contribution in [2.45, 2.75) is 0 Å². The Hall–Kier alpha value is -2.95. The van der Waals surface area contributed by atoms with Crippen LogP contribution in [0.15, 0.2) is 48.5 Å². The number of hydrogen-bond donors (Lipinski definition) is 1. The van der Waals surface area contributed by atoms with E-state index in [1.807, 2.05) is 48.5 Å². The molecular formula is C18H18N2O3. The molecule has 23 heavy (non-hydrogen) atoms. The van der Waals surface area contributed by atoms with Crippen molar-refractivity contribution in [1.82, 2.24) is 10.2 Å². The minimum Gasteiger partial charge on any atom is -0.497 e. The molecule has 0 amide bonds. The lowest BCUT2D eigenvalue weighted by Crippen LogP contribution is -1.90. The zero-order valence-corrected chi connectivity index (χ0v) is 13.3. The van der Waals surface area contributed by atoms with Gasteiger partial charge in [-0.25, -0.2) is 0 Å². The highest BCUT2D eigenvalue weighted by molar-refractivity contribution is 5.75. The van der Waals surface area contributed by atoms with E-state index in [2.05, 4.69) is 10.2 Å². The van der Waals surface area contributed by atoms with E-state index in [-0.39, 0.29) is 0 Å². The molecule has 3 rings (SSSR count). The van der Waals surface area contributed by atoms with Crippen LogP contribution < -0.4 is 14.2 Å². The molecule has 1 N–H and O–H groups in total. The lowest BCUT2D eigenvalue weighted by molar-refractivity contribution is 0.395. The van der Waals surface area contributed by atoms with Crippen molar-refractivity contribution >= 4 is 0 Å². The van der Waals surface area contributed by atoms with E-state index in [1.54, 1.807) is 21.3 Å². The summed E-state index contributed by atoms with van der Waals surface area (Å²) in [6.07, 6.45) is 0. The molecule has 5 nitrogen and oxygen atoms in total. The van der Waals surface area contributed by atoms with Crippen molar-refractivity contribution in [3.05, 3.63) is 48.5 Å². The number of nitrogens with zero attached hydrogens (tertiary/aromatic N) is 1. The molecule has 0 saturated carbocycles. The molecule has 0 aliphatic carbocycles. The Bertz CT molecular complexity index is 812. The molecule has 0 aliphatic rings. The molecule has 0 fully saturated rings. The number of hydrogen-bond acceptors (Lipinski definition) is 4. The summed E-state index contributed by atoms with van der Waals surface area (Å²) in [5.74, 6) is 2.25. The molecule has 0 radical (unpaired) electrons. The zero-order chi connectivity index (χ0) is 16.2. The molecule has 0 atom stereocenters. The van der Waals surface area contributed by atoms with Gasteiger partial charge in [0, 0.05) is 17.2 Å². The monoisotopic (exact) mass is 310 g/mol. The molecular weight excluding hydrogens is 292 g/mol. The maximum Gasteiger partial charge on any atom is 0.131 e. The van der Waals surface area contributed by atoms with E-state index in [9.17, 15) is 0 Å². The summed E-state index contributed by atoms with van der Waals surface area (Å²) in [5.41, 5.74) is 3.53. The Kier molecular flexibility index (Phi) is 4.19. The summed E-state index contributed by atoms with van der Waals surface area (Å²) in [5, 5.41) is 7.46. The number of methoxy groups -OCH3 is 3. The summed E-state index contributed by atoms with van der Waals surface area (Å²) in [4.78, 5) is 0. The van der Waals surface area contributed by atoms with Gasteiger partial charge in [-0.2, -0.15) is 5.10 Å². The number of para-hydroxylation sites is 1. The van der Waals surface area contributed by atoms with Gasteiger partial charge in [0.25, 0.3) is 0 Å². The topological polar surface area (TPSA) is 56.4 Å². The lowest BCUT2D eigenvalue weighted by Gasteiger charge is -2.08. The average Bonchev–Trinajstić information content (AvgIpc) is 3.10. The molecule has 1 heterocycles. The van der Waals surface area contributed by atoms with Gasteiger partial charge in [0.2, 0.25) is 0 Å². The molecule has 0 aliphatic heterocycles. The Morgan fingerprint density at radius 1 is 0.783 bits per heavy atom. The largest absolute Gasteiger partial charge is 0.497 e. The van der Waals surface area contributed by atoms with Crippen LogP contribution >= 0.6 is 0 Å². The first kappa shape index (κ1) is 15.0. The van der Waals surface area contributed by atoms with Gasteiger partial charge in [0.05, 0.1) is 32.7 Å². The summed E-state index contributed by atoms with van der Waals surface area (Å²) in [6.45, 7) is 0. The number of aromatic nitrogens is 2. The second kappa shape index (κ2) is 6.44. The fraction of sp³-hybridized carbons (Fsp3) is 0.167. The first-order chi connectivity index (χ1) is 11.3. The molecule has 0 spiro atoms. The van der Waals surface area contributed by atoms with Gasteiger partial charge in [0.1, 0.15) is 17.2 Å². The average molecular weight is 310 g/mol. The number of nitrogens with one attached hydrogen (secondary N) is 1. The van der Waals surface area contributed by atoms with Crippen LogP contribution in [0.4, 0.5) is 0 Å². The van der Waals surface area contributed by atoms with E-state index in [1.165, 1.54) is 0 Å².